The topological polar surface area (TPSA) is 58.1 Å². The molecule has 2 aromatic heterocycles. The number of carbonyl (C=O) groups excluding carboxylic acids is 1. The SMILES string of the molecule is CC(F)CN1CCC(C(=O)Nc2cc3cc(-c4cncs4)ccc3cn2)CC1. The van der Waals surface area contributed by atoms with Crippen LogP contribution in [0.1, 0.15) is 19.8 Å². The minimum Gasteiger partial charge on any atom is -0.310 e. The first kappa shape index (κ1) is 19.0. The van der Waals surface area contributed by atoms with E-state index >= 15 is 0 Å². The molecule has 1 amide bonds. The zero-order valence-electron chi connectivity index (χ0n) is 15.8. The molecule has 0 saturated carbocycles. The number of halogens is 1. The second kappa shape index (κ2) is 8.32. The number of hydrogen-bond acceptors (Lipinski definition) is 5. The number of anilines is 1. The number of pyridine rings is 1. The fraction of sp³-hybridized carbons (Fsp3) is 0.381. The van der Waals surface area contributed by atoms with Gasteiger partial charge in [0, 0.05) is 30.2 Å². The first-order valence-electron chi connectivity index (χ1n) is 9.54. The molecule has 0 bridgehead atoms. The fourth-order valence-electron chi connectivity index (χ4n) is 3.68. The lowest BCUT2D eigenvalue weighted by Gasteiger charge is -2.31. The zero-order valence-corrected chi connectivity index (χ0v) is 16.6. The van der Waals surface area contributed by atoms with Gasteiger partial charge in [-0.3, -0.25) is 9.78 Å². The molecule has 0 radical (unpaired) electrons. The number of thiazole rings is 1. The molecular formula is C21H23FN4OS. The maximum Gasteiger partial charge on any atom is 0.228 e. The Hall–Kier alpha value is -2.38. The smallest absolute Gasteiger partial charge is 0.228 e. The van der Waals surface area contributed by atoms with Crippen LogP contribution in [0.2, 0.25) is 0 Å². The van der Waals surface area contributed by atoms with Gasteiger partial charge in [0.05, 0.1) is 10.4 Å². The van der Waals surface area contributed by atoms with E-state index in [2.05, 4.69) is 32.3 Å². The van der Waals surface area contributed by atoms with Crippen LogP contribution in [-0.2, 0) is 4.79 Å². The maximum atomic E-state index is 13.1. The van der Waals surface area contributed by atoms with E-state index in [0.29, 0.717) is 12.4 Å². The molecule has 5 nitrogen and oxygen atoms in total. The minimum atomic E-state index is -0.831. The van der Waals surface area contributed by atoms with E-state index < -0.39 is 6.17 Å². The summed E-state index contributed by atoms with van der Waals surface area (Å²) in [6, 6.07) is 8.10. The van der Waals surface area contributed by atoms with Crippen LogP contribution in [0.15, 0.2) is 42.2 Å². The highest BCUT2D eigenvalue weighted by molar-refractivity contribution is 7.13. The fourth-order valence-corrected chi connectivity index (χ4v) is 4.30. The Morgan fingerprint density at radius 1 is 1.29 bits per heavy atom. The Bertz CT molecular complexity index is 952. The largest absolute Gasteiger partial charge is 0.310 e. The van der Waals surface area contributed by atoms with Crippen LogP contribution in [0, 0.1) is 5.92 Å². The second-order valence-electron chi connectivity index (χ2n) is 7.34. The van der Waals surface area contributed by atoms with Crippen LogP contribution in [0.4, 0.5) is 10.2 Å². The standard InChI is InChI=1S/C21H23FN4OS/c1-14(22)12-26-6-4-15(5-7-26)21(27)25-20-9-18-8-16(19-11-23-13-28-19)2-3-17(18)10-24-20/h2-3,8-11,13-15H,4-7,12H2,1H3,(H,24,25,27). The van der Waals surface area contributed by atoms with E-state index in [-0.39, 0.29) is 11.8 Å². The number of carbonyl (C=O) groups is 1. The number of aromatic nitrogens is 2. The number of fused-ring (bicyclic) bond motifs is 1. The zero-order chi connectivity index (χ0) is 19.5. The molecule has 4 rings (SSSR count). The molecule has 146 valence electrons. The van der Waals surface area contributed by atoms with Gasteiger partial charge in [-0.1, -0.05) is 12.1 Å². The van der Waals surface area contributed by atoms with Crippen LogP contribution in [0.3, 0.4) is 0 Å². The van der Waals surface area contributed by atoms with Gasteiger partial charge in [-0.05, 0) is 55.9 Å². The number of rotatable bonds is 5. The third-order valence-electron chi connectivity index (χ3n) is 5.16. The summed E-state index contributed by atoms with van der Waals surface area (Å²) in [5.74, 6) is 0.518. The lowest BCUT2D eigenvalue weighted by Crippen LogP contribution is -2.40. The van der Waals surface area contributed by atoms with Crippen molar-refractivity contribution in [3.63, 3.8) is 0 Å². The van der Waals surface area contributed by atoms with Crippen molar-refractivity contribution in [2.24, 2.45) is 5.92 Å². The average Bonchev–Trinajstić information content (AvgIpc) is 3.22. The van der Waals surface area contributed by atoms with Crippen molar-refractivity contribution in [1.29, 1.82) is 0 Å². The van der Waals surface area contributed by atoms with Gasteiger partial charge >= 0.3 is 0 Å². The molecule has 0 spiro atoms. The van der Waals surface area contributed by atoms with Crippen LogP contribution in [0.5, 0.6) is 0 Å². The van der Waals surface area contributed by atoms with E-state index in [1.54, 1.807) is 24.5 Å². The highest BCUT2D eigenvalue weighted by Gasteiger charge is 2.25. The predicted octanol–water partition coefficient (Wildman–Crippen LogP) is 4.37. The van der Waals surface area contributed by atoms with Gasteiger partial charge in [-0.15, -0.1) is 11.3 Å². The number of nitrogens with one attached hydrogen (secondary N) is 1. The van der Waals surface area contributed by atoms with Crippen molar-refractivity contribution in [2.45, 2.75) is 25.9 Å². The van der Waals surface area contributed by atoms with Gasteiger partial charge in [-0.2, -0.15) is 0 Å². The van der Waals surface area contributed by atoms with Crippen LogP contribution < -0.4 is 5.32 Å². The number of hydrogen-bond donors (Lipinski definition) is 1. The third-order valence-corrected chi connectivity index (χ3v) is 5.98. The van der Waals surface area contributed by atoms with Crippen LogP contribution in [0.25, 0.3) is 21.2 Å². The molecule has 3 aromatic rings. The first-order valence-corrected chi connectivity index (χ1v) is 10.4. The summed E-state index contributed by atoms with van der Waals surface area (Å²) in [4.78, 5) is 24.4. The van der Waals surface area contributed by atoms with E-state index in [0.717, 1.165) is 47.1 Å². The van der Waals surface area contributed by atoms with E-state index in [4.69, 9.17) is 0 Å². The number of benzene rings is 1. The highest BCUT2D eigenvalue weighted by Crippen LogP contribution is 2.28. The molecule has 1 aromatic carbocycles. The molecule has 3 heterocycles. The molecule has 1 fully saturated rings. The maximum absolute atomic E-state index is 13.1. The highest BCUT2D eigenvalue weighted by atomic mass is 32.1. The lowest BCUT2D eigenvalue weighted by molar-refractivity contribution is -0.121. The minimum absolute atomic E-state index is 0.00147. The van der Waals surface area contributed by atoms with Crippen LogP contribution in [-0.4, -0.2) is 46.6 Å². The molecule has 1 unspecified atom stereocenters. The van der Waals surface area contributed by atoms with Gasteiger partial charge in [0.15, 0.2) is 0 Å². The molecule has 28 heavy (non-hydrogen) atoms. The van der Waals surface area contributed by atoms with Gasteiger partial charge in [-0.25, -0.2) is 9.37 Å². The molecule has 1 N–H and O–H groups in total. The third kappa shape index (κ3) is 4.36. The number of amides is 1. The van der Waals surface area contributed by atoms with E-state index in [9.17, 15) is 9.18 Å². The summed E-state index contributed by atoms with van der Waals surface area (Å²) in [5.41, 5.74) is 2.92. The molecule has 1 atom stereocenters. The number of piperidine rings is 1. The number of nitrogens with zero attached hydrogens (tertiary/aromatic N) is 3. The van der Waals surface area contributed by atoms with Crippen molar-refractivity contribution in [2.75, 3.05) is 25.0 Å². The monoisotopic (exact) mass is 398 g/mol. The average molecular weight is 399 g/mol. The molecular weight excluding hydrogens is 375 g/mol. The van der Waals surface area contributed by atoms with Crippen molar-refractivity contribution < 1.29 is 9.18 Å². The Balaban J connectivity index is 1.43. The predicted molar refractivity (Wildman–Crippen MR) is 111 cm³/mol. The van der Waals surface area contributed by atoms with Crippen molar-refractivity contribution in [1.82, 2.24) is 14.9 Å². The van der Waals surface area contributed by atoms with Crippen molar-refractivity contribution in [3.05, 3.63) is 42.2 Å². The summed E-state index contributed by atoms with van der Waals surface area (Å²) >= 11 is 1.60. The van der Waals surface area contributed by atoms with E-state index in [1.807, 2.05) is 23.8 Å². The summed E-state index contributed by atoms with van der Waals surface area (Å²) in [6.45, 7) is 3.54. The summed E-state index contributed by atoms with van der Waals surface area (Å²) in [5, 5.41) is 5.02. The normalized spacial score (nSPS) is 16.9. The Kier molecular flexibility index (Phi) is 5.64. The van der Waals surface area contributed by atoms with Crippen LogP contribution >= 0.6 is 11.3 Å². The molecule has 1 saturated heterocycles. The van der Waals surface area contributed by atoms with Crippen molar-refractivity contribution in [3.8, 4) is 10.4 Å². The number of alkyl halides is 1. The summed E-state index contributed by atoms with van der Waals surface area (Å²) < 4.78 is 13.1. The lowest BCUT2D eigenvalue weighted by atomic mass is 9.95. The summed E-state index contributed by atoms with van der Waals surface area (Å²) in [7, 11) is 0. The Morgan fingerprint density at radius 2 is 2.11 bits per heavy atom. The second-order valence-corrected chi connectivity index (χ2v) is 8.23. The first-order chi connectivity index (χ1) is 13.6. The quantitative estimate of drug-likeness (QED) is 0.693. The van der Waals surface area contributed by atoms with E-state index in [1.165, 1.54) is 0 Å². The van der Waals surface area contributed by atoms with Gasteiger partial charge < -0.3 is 10.2 Å². The van der Waals surface area contributed by atoms with Crippen molar-refractivity contribution >= 4 is 33.8 Å². The van der Waals surface area contributed by atoms with Gasteiger partial charge in [0.1, 0.15) is 12.0 Å². The molecule has 0 aliphatic carbocycles. The summed E-state index contributed by atoms with van der Waals surface area (Å²) in [6.07, 6.45) is 4.31. The Morgan fingerprint density at radius 3 is 2.82 bits per heavy atom. The molecule has 1 aliphatic rings. The molecule has 7 heteroatoms. The van der Waals surface area contributed by atoms with Gasteiger partial charge in [0.2, 0.25) is 5.91 Å². The molecule has 1 aliphatic heterocycles. The number of likely N-dealkylation sites (tertiary alicyclic amines) is 1. The van der Waals surface area contributed by atoms with Gasteiger partial charge in [0.25, 0.3) is 0 Å². The Labute approximate surface area is 167 Å².